The van der Waals surface area contributed by atoms with Gasteiger partial charge < -0.3 is 25.9 Å². The molecular formula is C19H22N6O2. The van der Waals surface area contributed by atoms with Gasteiger partial charge in [-0.2, -0.15) is 0 Å². The van der Waals surface area contributed by atoms with Crippen molar-refractivity contribution >= 4 is 28.3 Å². The minimum absolute atomic E-state index is 0.196. The number of ether oxygens (including phenoxy) is 1. The number of benzene rings is 1. The highest BCUT2D eigenvalue weighted by atomic mass is 16.5. The van der Waals surface area contributed by atoms with Crippen molar-refractivity contribution in [3.05, 3.63) is 41.3 Å². The molecule has 0 atom stereocenters. The summed E-state index contributed by atoms with van der Waals surface area (Å²) in [6.45, 7) is 3.32. The number of aromatic amines is 1. The van der Waals surface area contributed by atoms with Crippen LogP contribution in [0.4, 0.5) is 11.6 Å². The highest BCUT2D eigenvalue weighted by Gasteiger charge is 2.21. The molecule has 1 aliphatic rings. The van der Waals surface area contributed by atoms with E-state index in [0.29, 0.717) is 30.3 Å². The van der Waals surface area contributed by atoms with Crippen LogP contribution in [0.5, 0.6) is 5.75 Å². The molecule has 8 heteroatoms. The van der Waals surface area contributed by atoms with Gasteiger partial charge in [-0.25, -0.2) is 9.97 Å². The number of hydrogen-bond acceptors (Lipinski definition) is 7. The molecule has 3 heterocycles. The SMILES string of the molecule is Cc1cc(O)cc2cc(C(=N)c3c(N)ncnc3NC3CCOCC3)[nH]c12. The molecule has 1 aromatic carbocycles. The smallest absolute Gasteiger partial charge is 0.141 e. The quantitative estimate of drug-likeness (QED) is 0.451. The van der Waals surface area contributed by atoms with Crippen LogP contribution in [0.25, 0.3) is 10.9 Å². The van der Waals surface area contributed by atoms with Crippen molar-refractivity contribution in [3.63, 3.8) is 0 Å². The van der Waals surface area contributed by atoms with E-state index in [4.69, 9.17) is 15.9 Å². The van der Waals surface area contributed by atoms with Crippen molar-refractivity contribution in [2.75, 3.05) is 24.3 Å². The topological polar surface area (TPSA) is 133 Å². The van der Waals surface area contributed by atoms with Crippen molar-refractivity contribution in [2.45, 2.75) is 25.8 Å². The van der Waals surface area contributed by atoms with Crippen LogP contribution in [0.3, 0.4) is 0 Å². The standard InChI is InChI=1S/C19H22N6O2/c1-10-6-13(26)7-11-8-14(25-17(10)11)16(20)15-18(21)22-9-23-19(15)24-12-2-4-27-5-3-12/h6-9,12,20,25-26H,2-5H2,1H3,(H3,21,22,23,24). The fraction of sp³-hybridized carbons (Fsp3) is 0.316. The van der Waals surface area contributed by atoms with Gasteiger partial charge in [0.1, 0.15) is 23.7 Å². The Balaban J connectivity index is 1.72. The monoisotopic (exact) mass is 366 g/mol. The summed E-state index contributed by atoms with van der Waals surface area (Å²) in [5.74, 6) is 1.00. The Hall–Kier alpha value is -3.13. The lowest BCUT2D eigenvalue weighted by atomic mass is 10.1. The van der Waals surface area contributed by atoms with Crippen molar-refractivity contribution in [2.24, 2.45) is 0 Å². The number of hydrogen-bond donors (Lipinski definition) is 5. The van der Waals surface area contributed by atoms with E-state index in [0.717, 1.165) is 29.3 Å². The number of nitrogen functional groups attached to an aromatic ring is 1. The maximum Gasteiger partial charge on any atom is 0.141 e. The van der Waals surface area contributed by atoms with Crippen LogP contribution < -0.4 is 11.1 Å². The third-order valence-electron chi connectivity index (χ3n) is 4.87. The number of nitrogens with two attached hydrogens (primary N) is 1. The van der Waals surface area contributed by atoms with Crippen molar-refractivity contribution < 1.29 is 9.84 Å². The van der Waals surface area contributed by atoms with E-state index in [1.807, 2.05) is 13.0 Å². The molecule has 1 fully saturated rings. The highest BCUT2D eigenvalue weighted by molar-refractivity contribution is 6.16. The van der Waals surface area contributed by atoms with Gasteiger partial charge in [0.2, 0.25) is 0 Å². The van der Waals surface area contributed by atoms with Crippen LogP contribution in [-0.2, 0) is 4.74 Å². The first-order valence-corrected chi connectivity index (χ1v) is 8.89. The largest absolute Gasteiger partial charge is 0.508 e. The van der Waals surface area contributed by atoms with Crippen LogP contribution in [-0.4, -0.2) is 45.0 Å². The number of nitrogens with one attached hydrogen (secondary N) is 3. The number of nitrogens with zero attached hydrogens (tertiary/aromatic N) is 2. The van der Waals surface area contributed by atoms with Crippen molar-refractivity contribution in [1.29, 1.82) is 5.41 Å². The van der Waals surface area contributed by atoms with Crippen LogP contribution in [0.15, 0.2) is 24.5 Å². The highest BCUT2D eigenvalue weighted by Crippen LogP contribution is 2.28. The molecule has 1 saturated heterocycles. The first kappa shape index (κ1) is 17.3. The fourth-order valence-electron chi connectivity index (χ4n) is 3.47. The molecule has 0 unspecified atom stereocenters. The maximum atomic E-state index is 9.82. The molecule has 0 aliphatic carbocycles. The summed E-state index contributed by atoms with van der Waals surface area (Å²) in [5.41, 5.74) is 9.15. The maximum absolute atomic E-state index is 9.82. The summed E-state index contributed by atoms with van der Waals surface area (Å²) >= 11 is 0. The number of anilines is 2. The Morgan fingerprint density at radius 2 is 2.07 bits per heavy atom. The molecule has 0 radical (unpaired) electrons. The van der Waals surface area contributed by atoms with Crippen LogP contribution in [0.1, 0.15) is 29.7 Å². The van der Waals surface area contributed by atoms with Gasteiger partial charge in [-0.3, -0.25) is 5.41 Å². The van der Waals surface area contributed by atoms with Gasteiger partial charge in [-0.05, 0) is 43.5 Å². The molecular weight excluding hydrogens is 344 g/mol. The molecule has 0 spiro atoms. The molecule has 3 aromatic rings. The molecule has 4 rings (SSSR count). The predicted molar refractivity (Wildman–Crippen MR) is 105 cm³/mol. The Labute approximate surface area is 156 Å². The summed E-state index contributed by atoms with van der Waals surface area (Å²) in [7, 11) is 0. The molecule has 6 N–H and O–H groups in total. The normalized spacial score (nSPS) is 15.1. The van der Waals surface area contributed by atoms with Gasteiger partial charge in [0.25, 0.3) is 0 Å². The number of phenolic OH excluding ortho intramolecular Hbond substituents is 1. The number of H-pyrrole nitrogens is 1. The second-order valence-corrected chi connectivity index (χ2v) is 6.80. The molecule has 140 valence electrons. The summed E-state index contributed by atoms with van der Waals surface area (Å²) in [4.78, 5) is 11.7. The second kappa shape index (κ2) is 6.88. The number of phenols is 1. The lowest BCUT2D eigenvalue weighted by Crippen LogP contribution is -2.29. The molecule has 27 heavy (non-hydrogen) atoms. The van der Waals surface area contributed by atoms with Gasteiger partial charge in [0.15, 0.2) is 0 Å². The Bertz CT molecular complexity index is 1010. The fourth-order valence-corrected chi connectivity index (χ4v) is 3.47. The van der Waals surface area contributed by atoms with Crippen LogP contribution in [0.2, 0.25) is 0 Å². The zero-order valence-corrected chi connectivity index (χ0v) is 15.0. The molecule has 0 saturated carbocycles. The molecule has 0 amide bonds. The minimum atomic E-state index is 0.196. The van der Waals surface area contributed by atoms with E-state index >= 15 is 0 Å². The third kappa shape index (κ3) is 3.31. The van der Waals surface area contributed by atoms with E-state index < -0.39 is 0 Å². The summed E-state index contributed by atoms with van der Waals surface area (Å²) in [5, 5.41) is 22.8. The Morgan fingerprint density at radius 3 is 2.85 bits per heavy atom. The zero-order chi connectivity index (χ0) is 19.0. The molecule has 8 nitrogen and oxygen atoms in total. The number of aromatic hydroxyl groups is 1. The van der Waals surface area contributed by atoms with Crippen molar-refractivity contribution in [3.8, 4) is 5.75 Å². The zero-order valence-electron chi connectivity index (χ0n) is 15.0. The van der Waals surface area contributed by atoms with Gasteiger partial charge in [-0.1, -0.05) is 0 Å². The first-order valence-electron chi connectivity index (χ1n) is 8.89. The summed E-state index contributed by atoms with van der Waals surface area (Å²) < 4.78 is 5.40. The van der Waals surface area contributed by atoms with Crippen LogP contribution >= 0.6 is 0 Å². The number of aryl methyl sites for hydroxylation is 1. The number of rotatable bonds is 4. The van der Waals surface area contributed by atoms with Gasteiger partial charge in [0.05, 0.1) is 17.0 Å². The number of aromatic nitrogens is 3. The van der Waals surface area contributed by atoms with Crippen LogP contribution in [0, 0.1) is 12.3 Å². The van der Waals surface area contributed by atoms with Gasteiger partial charge >= 0.3 is 0 Å². The predicted octanol–water partition coefficient (Wildman–Crippen LogP) is 2.56. The molecule has 2 aromatic heterocycles. The number of fused-ring (bicyclic) bond motifs is 1. The first-order chi connectivity index (χ1) is 13.0. The average molecular weight is 366 g/mol. The van der Waals surface area contributed by atoms with E-state index in [2.05, 4.69) is 20.3 Å². The molecule has 1 aliphatic heterocycles. The summed E-state index contributed by atoms with van der Waals surface area (Å²) in [6, 6.07) is 5.41. The van der Waals surface area contributed by atoms with Gasteiger partial charge in [0, 0.05) is 30.2 Å². The summed E-state index contributed by atoms with van der Waals surface area (Å²) in [6.07, 6.45) is 3.16. The van der Waals surface area contributed by atoms with E-state index in [1.54, 1.807) is 12.1 Å². The van der Waals surface area contributed by atoms with E-state index in [1.165, 1.54) is 6.33 Å². The van der Waals surface area contributed by atoms with E-state index in [9.17, 15) is 5.11 Å². The minimum Gasteiger partial charge on any atom is -0.508 e. The lowest BCUT2D eigenvalue weighted by Gasteiger charge is -2.24. The second-order valence-electron chi connectivity index (χ2n) is 6.80. The average Bonchev–Trinajstić information content (AvgIpc) is 3.07. The Kier molecular flexibility index (Phi) is 4.41. The Morgan fingerprint density at radius 1 is 1.30 bits per heavy atom. The van der Waals surface area contributed by atoms with Crippen molar-refractivity contribution in [1.82, 2.24) is 15.0 Å². The third-order valence-corrected chi connectivity index (χ3v) is 4.87. The van der Waals surface area contributed by atoms with Gasteiger partial charge in [-0.15, -0.1) is 0 Å². The van der Waals surface area contributed by atoms with E-state index in [-0.39, 0.29) is 23.3 Å². The lowest BCUT2D eigenvalue weighted by molar-refractivity contribution is 0.0904. The molecule has 0 bridgehead atoms.